The lowest BCUT2D eigenvalue weighted by Gasteiger charge is -2.38. The summed E-state index contributed by atoms with van der Waals surface area (Å²) in [6.45, 7) is 34.9. The summed E-state index contributed by atoms with van der Waals surface area (Å²) in [4.78, 5) is 0. The van der Waals surface area contributed by atoms with E-state index in [0.717, 1.165) is 28.4 Å². The average Bonchev–Trinajstić information content (AvgIpc) is 3.06. The van der Waals surface area contributed by atoms with Crippen LogP contribution in [0.1, 0.15) is 145 Å². The fourth-order valence-electron chi connectivity index (χ4n) is 7.44. The van der Waals surface area contributed by atoms with Crippen molar-refractivity contribution in [2.75, 3.05) is 0 Å². The Morgan fingerprint density at radius 2 is 1.10 bits per heavy atom. The summed E-state index contributed by atoms with van der Waals surface area (Å²) in [5.74, 6) is 0.688. The third-order valence-corrected chi connectivity index (χ3v) is 12.2. The highest BCUT2D eigenvalue weighted by Gasteiger charge is 2.62. The van der Waals surface area contributed by atoms with E-state index in [-0.39, 0.29) is 38.6 Å². The van der Waals surface area contributed by atoms with Gasteiger partial charge in [0.2, 0.25) is 0 Å². The lowest BCUT2D eigenvalue weighted by molar-refractivity contribution is 0.0541. The molecule has 4 heteroatoms. The van der Waals surface area contributed by atoms with Gasteiger partial charge in [-0.25, -0.2) is 0 Å². The van der Waals surface area contributed by atoms with Crippen LogP contribution in [-0.4, -0.2) is 6.10 Å². The number of fused-ring (bicyclic) bond motifs is 5. The molecule has 2 fully saturated rings. The Morgan fingerprint density at radius 1 is 0.667 bits per heavy atom. The predicted octanol–water partition coefficient (Wildman–Crippen LogP) is 12.1. The highest BCUT2D eigenvalue weighted by atomic mass is 31.1. The first-order chi connectivity index (χ1) is 18.9. The van der Waals surface area contributed by atoms with E-state index in [1.165, 1.54) is 35.1 Å². The van der Waals surface area contributed by atoms with Crippen molar-refractivity contribution >= 4 is 30.2 Å². The summed E-state index contributed by atoms with van der Waals surface area (Å²) in [6, 6.07) is 9.48. The molecule has 232 valence electrons. The maximum atomic E-state index is 7.07. The molecule has 3 nitrogen and oxygen atoms in total. The zero-order valence-electron chi connectivity index (χ0n) is 29.3. The van der Waals surface area contributed by atoms with Gasteiger partial charge in [0.15, 0.2) is 0 Å². The van der Waals surface area contributed by atoms with Crippen LogP contribution in [0.5, 0.6) is 0 Å². The van der Waals surface area contributed by atoms with Gasteiger partial charge < -0.3 is 8.39 Å². The van der Waals surface area contributed by atoms with Crippen LogP contribution >= 0.6 is 8.24 Å². The van der Waals surface area contributed by atoms with Crippen LogP contribution in [-0.2, 0) is 21.7 Å². The maximum Gasteiger partial charge on any atom is 0.387 e. The minimum Gasteiger partial charge on any atom is -0.399 e. The smallest absolute Gasteiger partial charge is 0.387 e. The number of rotatable bonds is 2. The number of benzene rings is 2. The van der Waals surface area contributed by atoms with Crippen LogP contribution in [0.3, 0.4) is 0 Å². The van der Waals surface area contributed by atoms with Crippen LogP contribution < -0.4 is 4.52 Å². The van der Waals surface area contributed by atoms with Crippen molar-refractivity contribution < 1.29 is 12.9 Å². The van der Waals surface area contributed by atoms with E-state index in [1.54, 1.807) is 0 Å². The first-order valence-corrected chi connectivity index (χ1v) is 17.3. The fraction of sp³-hybridized carbons (Fsp3) is 0.684. The highest BCUT2D eigenvalue weighted by Crippen LogP contribution is 2.66. The third-order valence-electron chi connectivity index (χ3n) is 11.1. The van der Waals surface area contributed by atoms with E-state index < -0.39 is 8.24 Å². The van der Waals surface area contributed by atoms with Crippen LogP contribution in [0.4, 0.5) is 0 Å². The molecule has 0 radical (unpaired) electrons. The molecule has 2 aliphatic carbocycles. The van der Waals surface area contributed by atoms with Gasteiger partial charge in [-0.2, -0.15) is 0 Å². The van der Waals surface area contributed by atoms with Gasteiger partial charge in [-0.05, 0) is 75.5 Å². The number of hydrogen-bond donors (Lipinski definition) is 0. The van der Waals surface area contributed by atoms with Gasteiger partial charge in [-0.3, -0.25) is 4.52 Å². The Labute approximate surface area is 256 Å². The van der Waals surface area contributed by atoms with Gasteiger partial charge in [0.25, 0.3) is 0 Å². The second-order valence-electron chi connectivity index (χ2n) is 18.4. The van der Waals surface area contributed by atoms with Crippen LogP contribution in [0.2, 0.25) is 0 Å². The summed E-state index contributed by atoms with van der Waals surface area (Å²) < 4.78 is 21.2. The van der Waals surface area contributed by atoms with Crippen molar-refractivity contribution in [2.45, 2.75) is 151 Å². The summed E-state index contributed by atoms with van der Waals surface area (Å²) in [7, 11) is -1.67. The summed E-state index contributed by atoms with van der Waals surface area (Å²) in [6.07, 6.45) is 3.71. The van der Waals surface area contributed by atoms with E-state index >= 15 is 0 Å². The molecular weight excluding hydrogens is 535 g/mol. The molecule has 2 saturated carbocycles. The van der Waals surface area contributed by atoms with Crippen LogP contribution in [0.15, 0.2) is 32.7 Å². The van der Waals surface area contributed by atoms with E-state index in [2.05, 4.69) is 128 Å². The normalized spacial score (nSPS) is 24.6. The SMILES string of the molecule is CC(C)(C)c1cc(C(C)(C)C)c2op(O[C@@H]3C[C@@H]4CC[C@@]3(C)C4(C)C)oc3c(C(C)(C)C)cc(C(C)(C)C)cc3c2c1. The molecule has 5 rings (SSSR count). The molecule has 1 aromatic heterocycles. The van der Waals surface area contributed by atoms with Crippen molar-refractivity contribution in [1.82, 2.24) is 0 Å². The van der Waals surface area contributed by atoms with Crippen molar-refractivity contribution in [3.63, 3.8) is 0 Å². The maximum absolute atomic E-state index is 7.07. The number of hydrogen-bond acceptors (Lipinski definition) is 3. The van der Waals surface area contributed by atoms with Gasteiger partial charge in [0, 0.05) is 27.3 Å². The molecule has 0 saturated heterocycles. The van der Waals surface area contributed by atoms with Gasteiger partial charge in [0.05, 0.1) is 6.10 Å². The minimum atomic E-state index is -1.67. The molecule has 2 bridgehead atoms. The van der Waals surface area contributed by atoms with Gasteiger partial charge >= 0.3 is 8.24 Å². The van der Waals surface area contributed by atoms with Crippen LogP contribution in [0.25, 0.3) is 21.9 Å². The zero-order chi connectivity index (χ0) is 31.4. The molecule has 1 heterocycles. The topological polar surface area (TPSA) is 35.5 Å². The summed E-state index contributed by atoms with van der Waals surface area (Å²) in [5, 5.41) is 2.26. The molecule has 42 heavy (non-hydrogen) atoms. The van der Waals surface area contributed by atoms with Crippen molar-refractivity contribution in [3.05, 3.63) is 46.5 Å². The molecule has 0 amide bonds. The lowest BCUT2D eigenvalue weighted by Crippen LogP contribution is -2.38. The molecule has 3 aromatic rings. The zero-order valence-corrected chi connectivity index (χ0v) is 30.2. The predicted molar refractivity (Wildman–Crippen MR) is 181 cm³/mol. The minimum absolute atomic E-state index is 0.0126. The molecule has 0 N–H and O–H groups in total. The first-order valence-electron chi connectivity index (χ1n) is 16.2. The first kappa shape index (κ1) is 31.7. The van der Waals surface area contributed by atoms with Gasteiger partial charge in [0.1, 0.15) is 11.2 Å². The van der Waals surface area contributed by atoms with E-state index in [9.17, 15) is 0 Å². The molecule has 0 unspecified atom stereocenters. The Kier molecular flexibility index (Phi) is 7.29. The van der Waals surface area contributed by atoms with Gasteiger partial charge in [-0.1, -0.05) is 116 Å². The second-order valence-corrected chi connectivity index (χ2v) is 19.4. The second kappa shape index (κ2) is 9.65. The van der Waals surface area contributed by atoms with E-state index in [1.807, 2.05) is 0 Å². The van der Waals surface area contributed by atoms with Crippen molar-refractivity contribution in [3.8, 4) is 0 Å². The van der Waals surface area contributed by atoms with Crippen LogP contribution in [0, 0.1) is 16.7 Å². The Morgan fingerprint density at radius 3 is 1.40 bits per heavy atom. The Bertz CT molecular complexity index is 1470. The third kappa shape index (κ3) is 5.19. The van der Waals surface area contributed by atoms with E-state index in [0.29, 0.717) is 5.92 Å². The Balaban J connectivity index is 1.94. The molecular formula is C38H57O3P. The van der Waals surface area contributed by atoms with E-state index in [4.69, 9.17) is 12.9 Å². The van der Waals surface area contributed by atoms with Crippen molar-refractivity contribution in [2.24, 2.45) is 16.7 Å². The van der Waals surface area contributed by atoms with Gasteiger partial charge in [-0.15, -0.1) is 0 Å². The molecule has 2 aliphatic rings. The quantitative estimate of drug-likeness (QED) is 0.297. The molecule has 2 aromatic carbocycles. The average molecular weight is 593 g/mol. The summed E-state index contributed by atoms with van der Waals surface area (Å²) in [5.41, 5.74) is 7.04. The highest BCUT2D eigenvalue weighted by molar-refractivity contribution is 7.31. The molecule has 0 aliphatic heterocycles. The fourth-order valence-corrected chi connectivity index (χ4v) is 8.78. The lowest BCUT2D eigenvalue weighted by atomic mass is 9.70. The summed E-state index contributed by atoms with van der Waals surface area (Å²) >= 11 is 0. The van der Waals surface area contributed by atoms with Crippen molar-refractivity contribution in [1.29, 1.82) is 0 Å². The molecule has 0 spiro atoms. The Hall–Kier alpha value is -1.70. The molecule has 3 atom stereocenters. The largest absolute Gasteiger partial charge is 0.399 e. The standard InChI is InChI=1S/C38H57O3P/c1-33(2,3)24-18-26-27-19-25(34(4,5)6)21-29(36(10,11)12)32(27)41-42(40-31(26)28(20-24)35(7,8)9)39-30-22-23-16-17-38(30,15)37(23,13)14/h18-21,23,30H,16-17,22H2,1-15H3/t23-,30+,38+/m0/s1. The monoisotopic (exact) mass is 592 g/mol.